The number of phenols is 1. The minimum atomic E-state index is -3.41. The Kier molecular flexibility index (Phi) is 3.83. The third-order valence-electron chi connectivity index (χ3n) is 3.18. The summed E-state index contributed by atoms with van der Waals surface area (Å²) in [6.07, 6.45) is 0. The number of aromatic hydroxyl groups is 1. The summed E-state index contributed by atoms with van der Waals surface area (Å²) in [7, 11) is -0.404. The van der Waals surface area contributed by atoms with E-state index in [2.05, 4.69) is 0 Å². The number of benzene rings is 2. The van der Waals surface area contributed by atoms with Crippen LogP contribution in [0.3, 0.4) is 0 Å². The largest absolute Gasteiger partial charge is 0.508 e. The van der Waals surface area contributed by atoms with E-state index in [1.165, 1.54) is 18.4 Å². The van der Waals surface area contributed by atoms with Crippen LogP contribution in [0.25, 0.3) is 11.1 Å². The molecule has 4 nitrogen and oxygen atoms in total. The van der Waals surface area contributed by atoms with Crippen molar-refractivity contribution in [2.45, 2.75) is 11.8 Å². The molecule has 0 aliphatic heterocycles. The number of nitrogens with zero attached hydrogens (tertiary/aromatic N) is 1. The molecule has 0 radical (unpaired) electrons. The lowest BCUT2D eigenvalue weighted by molar-refractivity contribution is 0.471. The highest BCUT2D eigenvalue weighted by Gasteiger charge is 2.16. The minimum absolute atomic E-state index is 0.229. The molecule has 20 heavy (non-hydrogen) atoms. The molecule has 5 heteroatoms. The average molecular weight is 291 g/mol. The summed E-state index contributed by atoms with van der Waals surface area (Å²) in [5, 5.41) is 9.72. The first-order chi connectivity index (χ1) is 9.32. The van der Waals surface area contributed by atoms with Crippen molar-refractivity contribution in [3.63, 3.8) is 0 Å². The van der Waals surface area contributed by atoms with E-state index < -0.39 is 10.0 Å². The maximum atomic E-state index is 12.0. The van der Waals surface area contributed by atoms with E-state index >= 15 is 0 Å². The quantitative estimate of drug-likeness (QED) is 0.945. The van der Waals surface area contributed by atoms with Crippen molar-refractivity contribution >= 4 is 10.0 Å². The third-order valence-corrected chi connectivity index (χ3v) is 5.00. The van der Waals surface area contributed by atoms with Gasteiger partial charge in [0, 0.05) is 14.1 Å². The minimum Gasteiger partial charge on any atom is -0.508 e. The predicted octanol–water partition coefficient (Wildman–Crippen LogP) is 2.62. The fraction of sp³-hybridized carbons (Fsp3) is 0.200. The average Bonchev–Trinajstić information content (AvgIpc) is 2.42. The summed E-state index contributed by atoms with van der Waals surface area (Å²) in [4.78, 5) is 0.252. The molecule has 0 fully saturated rings. The van der Waals surface area contributed by atoms with Crippen molar-refractivity contribution in [3.8, 4) is 16.9 Å². The number of rotatable bonds is 3. The Hall–Kier alpha value is -1.85. The van der Waals surface area contributed by atoms with Gasteiger partial charge in [0.15, 0.2) is 0 Å². The maximum absolute atomic E-state index is 12.0. The first-order valence-corrected chi connectivity index (χ1v) is 7.59. The molecule has 0 unspecified atom stereocenters. The van der Waals surface area contributed by atoms with Crippen molar-refractivity contribution in [1.29, 1.82) is 0 Å². The van der Waals surface area contributed by atoms with Crippen LogP contribution in [0.4, 0.5) is 0 Å². The predicted molar refractivity (Wildman–Crippen MR) is 79.2 cm³/mol. The normalized spacial score (nSPS) is 11.8. The van der Waals surface area contributed by atoms with E-state index in [9.17, 15) is 13.5 Å². The fourth-order valence-corrected chi connectivity index (χ4v) is 2.72. The molecule has 0 heterocycles. The lowest BCUT2D eigenvalue weighted by Gasteiger charge is -2.12. The molecule has 0 amide bonds. The van der Waals surface area contributed by atoms with Crippen LogP contribution in [0.15, 0.2) is 47.4 Å². The summed E-state index contributed by atoms with van der Waals surface area (Å²) in [6.45, 7) is 1.83. The Labute approximate surface area is 119 Å². The van der Waals surface area contributed by atoms with Gasteiger partial charge in [-0.15, -0.1) is 0 Å². The summed E-state index contributed by atoms with van der Waals surface area (Å²) in [6, 6.07) is 12.0. The van der Waals surface area contributed by atoms with Crippen LogP contribution in [0.1, 0.15) is 5.56 Å². The first-order valence-electron chi connectivity index (χ1n) is 6.15. The van der Waals surface area contributed by atoms with Crippen LogP contribution in [-0.4, -0.2) is 31.9 Å². The van der Waals surface area contributed by atoms with Gasteiger partial charge in [0.05, 0.1) is 4.90 Å². The van der Waals surface area contributed by atoms with Gasteiger partial charge in [0.2, 0.25) is 10.0 Å². The van der Waals surface area contributed by atoms with Crippen LogP contribution >= 0.6 is 0 Å². The fourth-order valence-electron chi connectivity index (χ4n) is 1.82. The van der Waals surface area contributed by atoms with E-state index in [-0.39, 0.29) is 10.6 Å². The van der Waals surface area contributed by atoms with Gasteiger partial charge in [-0.2, -0.15) is 0 Å². The molecule has 1 N–H and O–H groups in total. The van der Waals surface area contributed by atoms with Crippen molar-refractivity contribution in [3.05, 3.63) is 48.0 Å². The number of hydrogen-bond donors (Lipinski definition) is 1. The van der Waals surface area contributed by atoms with Gasteiger partial charge >= 0.3 is 0 Å². The van der Waals surface area contributed by atoms with Crippen molar-refractivity contribution in [2.24, 2.45) is 0 Å². The lowest BCUT2D eigenvalue weighted by Crippen LogP contribution is -2.22. The zero-order valence-electron chi connectivity index (χ0n) is 11.7. The number of phenolic OH excluding ortho intramolecular Hbond substituents is 1. The van der Waals surface area contributed by atoms with Crippen LogP contribution < -0.4 is 0 Å². The van der Waals surface area contributed by atoms with Gasteiger partial charge in [0.1, 0.15) is 5.75 Å². The van der Waals surface area contributed by atoms with Gasteiger partial charge in [-0.25, -0.2) is 12.7 Å². The Morgan fingerprint density at radius 3 is 2.00 bits per heavy atom. The Morgan fingerprint density at radius 2 is 1.50 bits per heavy atom. The van der Waals surface area contributed by atoms with E-state index in [1.54, 1.807) is 30.3 Å². The highest BCUT2D eigenvalue weighted by molar-refractivity contribution is 7.89. The monoisotopic (exact) mass is 291 g/mol. The molecular weight excluding hydrogens is 274 g/mol. The van der Waals surface area contributed by atoms with E-state index in [0.29, 0.717) is 0 Å². The Morgan fingerprint density at radius 1 is 0.950 bits per heavy atom. The highest BCUT2D eigenvalue weighted by Crippen LogP contribution is 2.27. The molecule has 2 aromatic carbocycles. The second-order valence-electron chi connectivity index (χ2n) is 4.81. The first kappa shape index (κ1) is 14.6. The second-order valence-corrected chi connectivity index (χ2v) is 6.96. The van der Waals surface area contributed by atoms with Crippen LogP contribution in [-0.2, 0) is 10.0 Å². The molecule has 0 saturated heterocycles. The van der Waals surface area contributed by atoms with Crippen LogP contribution in [0.5, 0.6) is 5.75 Å². The van der Waals surface area contributed by atoms with Crippen LogP contribution in [0, 0.1) is 6.92 Å². The smallest absolute Gasteiger partial charge is 0.242 e. The molecule has 0 saturated carbocycles. The molecule has 106 valence electrons. The van der Waals surface area contributed by atoms with Gasteiger partial charge < -0.3 is 5.11 Å². The topological polar surface area (TPSA) is 57.6 Å². The molecule has 2 aromatic rings. The molecule has 0 bridgehead atoms. The molecule has 0 aliphatic rings. The molecule has 0 aromatic heterocycles. The van der Waals surface area contributed by atoms with Crippen LogP contribution in [0.2, 0.25) is 0 Å². The SMILES string of the molecule is Cc1ccc(-c2ccc(S(=O)(=O)N(C)C)cc2)cc1O. The molecule has 0 spiro atoms. The summed E-state index contributed by atoms with van der Waals surface area (Å²) in [5.41, 5.74) is 2.51. The van der Waals surface area contributed by atoms with E-state index in [0.717, 1.165) is 16.7 Å². The van der Waals surface area contributed by atoms with E-state index in [4.69, 9.17) is 0 Å². The molecule has 0 atom stereocenters. The molecular formula is C15H17NO3S. The maximum Gasteiger partial charge on any atom is 0.242 e. The van der Waals surface area contributed by atoms with Gasteiger partial charge in [-0.05, 0) is 41.8 Å². The second kappa shape index (κ2) is 5.26. The Bertz CT molecular complexity index is 719. The highest BCUT2D eigenvalue weighted by atomic mass is 32.2. The standard InChI is InChI=1S/C15H17NO3S/c1-11-4-5-13(10-15(11)17)12-6-8-14(9-7-12)20(18,19)16(2)3/h4-10,17H,1-3H3. The van der Waals surface area contributed by atoms with Crippen molar-refractivity contribution < 1.29 is 13.5 Å². The summed E-state index contributed by atoms with van der Waals surface area (Å²) < 4.78 is 25.1. The molecule has 2 rings (SSSR count). The van der Waals surface area contributed by atoms with E-state index in [1.807, 2.05) is 19.1 Å². The van der Waals surface area contributed by atoms with Gasteiger partial charge in [0.25, 0.3) is 0 Å². The summed E-state index contributed by atoms with van der Waals surface area (Å²) in [5.74, 6) is 0.229. The number of sulfonamides is 1. The van der Waals surface area contributed by atoms with Gasteiger partial charge in [-0.1, -0.05) is 24.3 Å². The van der Waals surface area contributed by atoms with Crippen molar-refractivity contribution in [1.82, 2.24) is 4.31 Å². The van der Waals surface area contributed by atoms with Crippen molar-refractivity contribution in [2.75, 3.05) is 14.1 Å². The zero-order valence-corrected chi connectivity index (χ0v) is 12.5. The molecule has 0 aliphatic carbocycles. The summed E-state index contributed by atoms with van der Waals surface area (Å²) >= 11 is 0. The third kappa shape index (κ3) is 2.69. The lowest BCUT2D eigenvalue weighted by atomic mass is 10.0. The number of hydrogen-bond acceptors (Lipinski definition) is 3. The van der Waals surface area contributed by atoms with Gasteiger partial charge in [-0.3, -0.25) is 0 Å². The Balaban J connectivity index is 2.40. The number of aryl methyl sites for hydroxylation is 1. The zero-order chi connectivity index (χ0) is 14.9.